The van der Waals surface area contributed by atoms with Crippen molar-refractivity contribution in [3.05, 3.63) is 16.1 Å². The van der Waals surface area contributed by atoms with Gasteiger partial charge < -0.3 is 10.6 Å². The standard InChI is InChI=1S/C14H24N4O3S2/c1-3-10-8-15-13(22-10)9-16-14(19)17-11-6-4-5-7-12(11)18-23(2,20)21/h8,11-12,18H,3-7,9H2,1-2H3,(H2,16,17,19)/t11-,12-/m1/s1. The van der Waals surface area contributed by atoms with E-state index in [0.717, 1.165) is 43.4 Å². The second-order valence-electron chi connectivity index (χ2n) is 5.79. The molecule has 0 aromatic carbocycles. The smallest absolute Gasteiger partial charge is 0.315 e. The topological polar surface area (TPSA) is 100 Å². The van der Waals surface area contributed by atoms with E-state index in [1.807, 2.05) is 6.20 Å². The van der Waals surface area contributed by atoms with Crippen LogP contribution in [-0.2, 0) is 23.0 Å². The highest BCUT2D eigenvalue weighted by Gasteiger charge is 2.28. The molecule has 0 aliphatic heterocycles. The van der Waals surface area contributed by atoms with E-state index in [1.165, 1.54) is 4.88 Å². The SMILES string of the molecule is CCc1cnc(CNC(=O)N[C@@H]2CCCC[C@H]2NS(C)(=O)=O)s1. The van der Waals surface area contributed by atoms with Crippen LogP contribution in [0.2, 0.25) is 0 Å². The van der Waals surface area contributed by atoms with Crippen LogP contribution < -0.4 is 15.4 Å². The van der Waals surface area contributed by atoms with Gasteiger partial charge in [-0.25, -0.2) is 22.9 Å². The summed E-state index contributed by atoms with van der Waals surface area (Å²) < 4.78 is 25.5. The Hall–Kier alpha value is -1.19. The minimum absolute atomic E-state index is 0.180. The number of aryl methyl sites for hydroxylation is 1. The predicted molar refractivity (Wildman–Crippen MR) is 90.9 cm³/mol. The van der Waals surface area contributed by atoms with Crippen molar-refractivity contribution in [3.63, 3.8) is 0 Å². The molecule has 0 radical (unpaired) electrons. The van der Waals surface area contributed by atoms with E-state index in [0.29, 0.717) is 6.54 Å². The zero-order valence-electron chi connectivity index (χ0n) is 13.5. The largest absolute Gasteiger partial charge is 0.334 e. The fraction of sp³-hybridized carbons (Fsp3) is 0.714. The normalized spacial score (nSPS) is 21.8. The molecule has 1 aliphatic carbocycles. The highest BCUT2D eigenvalue weighted by Crippen LogP contribution is 2.19. The molecule has 9 heteroatoms. The van der Waals surface area contributed by atoms with Crippen molar-refractivity contribution >= 4 is 27.4 Å². The first-order chi connectivity index (χ1) is 10.9. The number of hydrogen-bond donors (Lipinski definition) is 3. The van der Waals surface area contributed by atoms with Crippen LogP contribution in [0, 0.1) is 0 Å². The van der Waals surface area contributed by atoms with Crippen LogP contribution in [0.25, 0.3) is 0 Å². The summed E-state index contributed by atoms with van der Waals surface area (Å²) >= 11 is 1.58. The Balaban J connectivity index is 1.84. The summed E-state index contributed by atoms with van der Waals surface area (Å²) in [6.07, 6.45) is 7.37. The molecular weight excluding hydrogens is 336 g/mol. The maximum Gasteiger partial charge on any atom is 0.315 e. The first kappa shape index (κ1) is 18.2. The summed E-state index contributed by atoms with van der Waals surface area (Å²) in [6.45, 7) is 2.45. The summed E-state index contributed by atoms with van der Waals surface area (Å²) in [4.78, 5) is 17.5. The number of carbonyl (C=O) groups excluding carboxylic acids is 1. The van der Waals surface area contributed by atoms with Gasteiger partial charge in [0, 0.05) is 23.2 Å². The maximum absolute atomic E-state index is 12.0. The minimum atomic E-state index is -3.28. The van der Waals surface area contributed by atoms with Crippen molar-refractivity contribution in [1.82, 2.24) is 20.3 Å². The molecule has 0 bridgehead atoms. The lowest BCUT2D eigenvalue weighted by molar-refractivity contribution is 0.227. The zero-order chi connectivity index (χ0) is 16.9. The molecule has 23 heavy (non-hydrogen) atoms. The van der Waals surface area contributed by atoms with Gasteiger partial charge in [0.1, 0.15) is 5.01 Å². The van der Waals surface area contributed by atoms with E-state index in [2.05, 4.69) is 27.3 Å². The van der Waals surface area contributed by atoms with Crippen LogP contribution in [0.1, 0.15) is 42.5 Å². The van der Waals surface area contributed by atoms with Crippen LogP contribution >= 0.6 is 11.3 Å². The third kappa shape index (κ3) is 6.08. The molecule has 1 fully saturated rings. The van der Waals surface area contributed by atoms with Crippen molar-refractivity contribution in [2.24, 2.45) is 0 Å². The number of nitrogens with zero attached hydrogens (tertiary/aromatic N) is 1. The van der Waals surface area contributed by atoms with E-state index >= 15 is 0 Å². The van der Waals surface area contributed by atoms with E-state index in [-0.39, 0.29) is 18.1 Å². The van der Waals surface area contributed by atoms with Crippen LogP contribution in [0.3, 0.4) is 0 Å². The fourth-order valence-corrected chi connectivity index (χ4v) is 4.32. The van der Waals surface area contributed by atoms with Crippen LogP contribution in [0.5, 0.6) is 0 Å². The summed E-state index contributed by atoms with van der Waals surface area (Å²) in [6, 6.07) is -0.706. The average Bonchev–Trinajstić information content (AvgIpc) is 2.94. The number of hydrogen-bond acceptors (Lipinski definition) is 5. The number of rotatable bonds is 6. The lowest BCUT2D eigenvalue weighted by Gasteiger charge is -2.32. The van der Waals surface area contributed by atoms with E-state index < -0.39 is 10.0 Å². The van der Waals surface area contributed by atoms with Crippen molar-refractivity contribution in [2.45, 2.75) is 57.7 Å². The van der Waals surface area contributed by atoms with Crippen molar-refractivity contribution in [3.8, 4) is 0 Å². The molecule has 1 saturated carbocycles. The third-order valence-corrected chi connectivity index (χ3v) is 5.67. The minimum Gasteiger partial charge on any atom is -0.334 e. The number of carbonyl (C=O) groups is 1. The number of urea groups is 1. The number of amides is 2. The van der Waals surface area contributed by atoms with Crippen molar-refractivity contribution in [2.75, 3.05) is 6.26 Å². The maximum atomic E-state index is 12.0. The van der Waals surface area contributed by atoms with Gasteiger partial charge >= 0.3 is 6.03 Å². The zero-order valence-corrected chi connectivity index (χ0v) is 15.1. The highest BCUT2D eigenvalue weighted by molar-refractivity contribution is 7.88. The second kappa shape index (κ2) is 8.07. The van der Waals surface area contributed by atoms with Gasteiger partial charge in [0.2, 0.25) is 10.0 Å². The van der Waals surface area contributed by atoms with Crippen molar-refractivity contribution < 1.29 is 13.2 Å². The first-order valence-corrected chi connectivity index (χ1v) is 10.5. The molecule has 0 spiro atoms. The van der Waals surface area contributed by atoms with E-state index in [9.17, 15) is 13.2 Å². The van der Waals surface area contributed by atoms with Crippen LogP contribution in [-0.4, -0.2) is 37.8 Å². The summed E-state index contributed by atoms with van der Waals surface area (Å²) in [5.41, 5.74) is 0. The Kier molecular flexibility index (Phi) is 6.37. The fourth-order valence-electron chi connectivity index (χ4n) is 2.69. The molecular formula is C14H24N4O3S2. The van der Waals surface area contributed by atoms with Crippen LogP contribution in [0.4, 0.5) is 4.79 Å². The molecule has 0 unspecified atom stereocenters. The molecule has 0 saturated heterocycles. The molecule has 7 nitrogen and oxygen atoms in total. The van der Waals surface area contributed by atoms with Gasteiger partial charge in [-0.15, -0.1) is 11.3 Å². The first-order valence-electron chi connectivity index (χ1n) is 7.82. The molecule has 2 amide bonds. The van der Waals surface area contributed by atoms with Gasteiger partial charge in [-0.05, 0) is 19.3 Å². The van der Waals surface area contributed by atoms with Crippen LogP contribution in [0.15, 0.2) is 6.20 Å². The van der Waals surface area contributed by atoms with Gasteiger partial charge in [0.15, 0.2) is 0 Å². The second-order valence-corrected chi connectivity index (χ2v) is 8.77. The number of nitrogens with one attached hydrogen (secondary N) is 3. The Morgan fingerprint density at radius 3 is 2.65 bits per heavy atom. The van der Waals surface area contributed by atoms with Gasteiger partial charge in [0.25, 0.3) is 0 Å². The van der Waals surface area contributed by atoms with E-state index in [4.69, 9.17) is 0 Å². The molecule has 1 aromatic heterocycles. The average molecular weight is 361 g/mol. The lowest BCUT2D eigenvalue weighted by Crippen LogP contribution is -2.54. The lowest BCUT2D eigenvalue weighted by atomic mass is 9.91. The Morgan fingerprint density at radius 1 is 1.35 bits per heavy atom. The number of sulfonamides is 1. The quantitative estimate of drug-likeness (QED) is 0.713. The molecule has 130 valence electrons. The molecule has 1 aliphatic rings. The summed E-state index contributed by atoms with van der Waals surface area (Å²) in [5, 5.41) is 6.54. The third-order valence-electron chi connectivity index (χ3n) is 3.80. The molecule has 1 heterocycles. The predicted octanol–water partition coefficient (Wildman–Crippen LogP) is 1.37. The van der Waals surface area contributed by atoms with Gasteiger partial charge in [-0.3, -0.25) is 0 Å². The molecule has 1 aromatic rings. The van der Waals surface area contributed by atoms with Gasteiger partial charge in [0.05, 0.1) is 12.8 Å². The van der Waals surface area contributed by atoms with Crippen molar-refractivity contribution in [1.29, 1.82) is 0 Å². The monoisotopic (exact) mass is 360 g/mol. The molecule has 2 rings (SSSR count). The van der Waals surface area contributed by atoms with Gasteiger partial charge in [-0.1, -0.05) is 19.8 Å². The Morgan fingerprint density at radius 2 is 2.04 bits per heavy atom. The number of aromatic nitrogens is 1. The summed E-state index contributed by atoms with van der Waals surface area (Å²) in [5.74, 6) is 0. The van der Waals surface area contributed by atoms with Gasteiger partial charge in [-0.2, -0.15) is 0 Å². The number of thiazole rings is 1. The molecule has 2 atom stereocenters. The highest BCUT2D eigenvalue weighted by atomic mass is 32.2. The summed E-state index contributed by atoms with van der Waals surface area (Å²) in [7, 11) is -3.28. The van der Waals surface area contributed by atoms with E-state index in [1.54, 1.807) is 11.3 Å². The Bertz CT molecular complexity index is 630. The molecule has 3 N–H and O–H groups in total. The Labute approximate surface area is 141 Å².